The number of fused-ring (bicyclic) bond motifs is 5. The summed E-state index contributed by atoms with van der Waals surface area (Å²) < 4.78 is 28.7. The predicted octanol–water partition coefficient (Wildman–Crippen LogP) is 5.61. The number of carbonyl (C=O) groups excluding carboxylic acids is 1. The highest BCUT2D eigenvalue weighted by Gasteiger charge is 2.65. The number of benzene rings is 1. The first-order chi connectivity index (χ1) is 14.8. The maximum atomic E-state index is 14.4. The third-order valence-electron chi connectivity index (χ3n) is 7.39. The van der Waals surface area contributed by atoms with Crippen LogP contribution in [0, 0.1) is 17.0 Å². The van der Waals surface area contributed by atoms with Crippen LogP contribution in [0.3, 0.4) is 0 Å². The molecule has 0 aliphatic heterocycles. The molecular weight excluding hydrogens is 396 g/mol. The lowest BCUT2D eigenvalue weighted by Crippen LogP contribution is -2.38. The predicted molar refractivity (Wildman–Crippen MR) is 113 cm³/mol. The van der Waals surface area contributed by atoms with E-state index < -0.39 is 17.0 Å². The Bertz CT molecular complexity index is 1200. The van der Waals surface area contributed by atoms with Crippen molar-refractivity contribution >= 4 is 5.78 Å². The fourth-order valence-electron chi connectivity index (χ4n) is 5.77. The van der Waals surface area contributed by atoms with Crippen LogP contribution in [-0.2, 0) is 5.41 Å². The van der Waals surface area contributed by atoms with Crippen molar-refractivity contribution in [2.45, 2.75) is 51.4 Å². The zero-order valence-corrected chi connectivity index (χ0v) is 17.7. The van der Waals surface area contributed by atoms with Gasteiger partial charge in [-0.25, -0.2) is 13.8 Å². The lowest BCUT2D eigenvalue weighted by molar-refractivity contribution is 0.0982. The van der Waals surface area contributed by atoms with Crippen LogP contribution in [0.5, 0.6) is 0 Å². The van der Waals surface area contributed by atoms with Crippen molar-refractivity contribution in [1.82, 2.24) is 15.2 Å². The number of rotatable bonds is 4. The first-order valence-electron chi connectivity index (χ1n) is 10.6. The SMILES string of the molecule is CCC(=O)c1cccc([C@@]23CC[C@@H](c4cc(-c5c(F)cccc5F)nnc42)C3(C)C)n1. The first kappa shape index (κ1) is 19.9. The van der Waals surface area contributed by atoms with E-state index in [9.17, 15) is 13.6 Å². The van der Waals surface area contributed by atoms with Crippen LogP contribution in [0.1, 0.15) is 73.4 Å². The van der Waals surface area contributed by atoms with Crippen LogP contribution >= 0.6 is 0 Å². The number of ketones is 1. The van der Waals surface area contributed by atoms with Crippen molar-refractivity contribution in [3.63, 3.8) is 0 Å². The average Bonchev–Trinajstić information content (AvgIpc) is 3.14. The van der Waals surface area contributed by atoms with E-state index in [4.69, 9.17) is 4.98 Å². The standard InChI is InChI=1S/C25H23F2N3O/c1-4-20(31)18-9-6-10-21(28-18)25-12-11-15(24(25,2)3)14-13-19(29-30-23(14)25)22-16(26)7-5-8-17(22)27/h5-10,13,15H,4,11-12H2,1-3H3/t15-,25-/m0/s1. The molecule has 2 aliphatic rings. The molecule has 5 rings (SSSR count). The Balaban J connectivity index is 1.70. The van der Waals surface area contributed by atoms with Gasteiger partial charge in [-0.15, -0.1) is 5.10 Å². The van der Waals surface area contributed by atoms with E-state index in [0.717, 1.165) is 29.8 Å². The summed E-state index contributed by atoms with van der Waals surface area (Å²) in [6.45, 7) is 6.20. The summed E-state index contributed by atoms with van der Waals surface area (Å²) in [4.78, 5) is 17.1. The summed E-state index contributed by atoms with van der Waals surface area (Å²) in [5.74, 6) is -1.14. The number of halogens is 2. The Morgan fingerprint density at radius 1 is 1.10 bits per heavy atom. The molecule has 2 aliphatic carbocycles. The second kappa shape index (κ2) is 6.74. The molecule has 2 aromatic heterocycles. The van der Waals surface area contributed by atoms with Crippen molar-refractivity contribution < 1.29 is 13.6 Å². The topological polar surface area (TPSA) is 55.7 Å². The molecule has 6 heteroatoms. The van der Waals surface area contributed by atoms with Gasteiger partial charge in [0.25, 0.3) is 0 Å². The second-order valence-electron chi connectivity index (χ2n) is 9.03. The van der Waals surface area contributed by atoms with Gasteiger partial charge in [0, 0.05) is 6.42 Å². The minimum Gasteiger partial charge on any atom is -0.292 e. The Hall–Kier alpha value is -3.02. The van der Waals surface area contributed by atoms with Gasteiger partial charge < -0.3 is 0 Å². The molecule has 0 saturated heterocycles. The smallest absolute Gasteiger partial charge is 0.180 e. The van der Waals surface area contributed by atoms with Gasteiger partial charge in [-0.3, -0.25) is 4.79 Å². The van der Waals surface area contributed by atoms with Gasteiger partial charge in [0.2, 0.25) is 0 Å². The number of pyridine rings is 1. The lowest BCUT2D eigenvalue weighted by atomic mass is 9.66. The van der Waals surface area contributed by atoms with Gasteiger partial charge in [0.05, 0.1) is 28.1 Å². The maximum absolute atomic E-state index is 14.4. The van der Waals surface area contributed by atoms with Crippen LogP contribution in [0.4, 0.5) is 8.78 Å². The molecule has 1 fully saturated rings. The van der Waals surface area contributed by atoms with E-state index >= 15 is 0 Å². The normalized spacial score (nSPS) is 23.1. The summed E-state index contributed by atoms with van der Waals surface area (Å²) in [6, 6.07) is 11.2. The van der Waals surface area contributed by atoms with Crippen molar-refractivity contribution in [1.29, 1.82) is 0 Å². The third-order valence-corrected chi connectivity index (χ3v) is 7.39. The minimum atomic E-state index is -0.654. The Morgan fingerprint density at radius 2 is 1.81 bits per heavy atom. The molecule has 0 spiro atoms. The molecule has 31 heavy (non-hydrogen) atoms. The van der Waals surface area contributed by atoms with Crippen molar-refractivity contribution in [2.75, 3.05) is 0 Å². The molecule has 3 aromatic rings. The van der Waals surface area contributed by atoms with Crippen molar-refractivity contribution in [2.24, 2.45) is 5.41 Å². The molecule has 0 amide bonds. The number of carbonyl (C=O) groups is 1. The molecule has 0 unspecified atom stereocenters. The zero-order valence-electron chi connectivity index (χ0n) is 17.7. The number of nitrogens with zero attached hydrogens (tertiary/aromatic N) is 3. The van der Waals surface area contributed by atoms with E-state index in [-0.39, 0.29) is 28.4 Å². The van der Waals surface area contributed by atoms with Gasteiger partial charge >= 0.3 is 0 Å². The second-order valence-corrected chi connectivity index (χ2v) is 9.03. The summed E-state index contributed by atoms with van der Waals surface area (Å²) in [5.41, 5.74) is 2.39. The van der Waals surface area contributed by atoms with Gasteiger partial charge in [-0.05, 0) is 60.1 Å². The lowest BCUT2D eigenvalue weighted by Gasteiger charge is -2.37. The van der Waals surface area contributed by atoms with Crippen molar-refractivity contribution in [3.05, 3.63) is 76.7 Å². The van der Waals surface area contributed by atoms with Crippen LogP contribution in [0.25, 0.3) is 11.3 Å². The van der Waals surface area contributed by atoms with Gasteiger partial charge in [0.15, 0.2) is 5.78 Å². The van der Waals surface area contributed by atoms with Crippen molar-refractivity contribution in [3.8, 4) is 11.3 Å². The van der Waals surface area contributed by atoms with Gasteiger partial charge in [0.1, 0.15) is 17.3 Å². The first-order valence-corrected chi connectivity index (χ1v) is 10.6. The zero-order chi connectivity index (χ0) is 22.0. The summed E-state index contributed by atoms with van der Waals surface area (Å²) in [6.07, 6.45) is 2.15. The maximum Gasteiger partial charge on any atom is 0.180 e. The Labute approximate surface area is 179 Å². The van der Waals surface area contributed by atoms with Crippen LogP contribution in [0.2, 0.25) is 0 Å². The monoisotopic (exact) mass is 419 g/mol. The summed E-state index contributed by atoms with van der Waals surface area (Å²) >= 11 is 0. The Kier molecular flexibility index (Phi) is 4.33. The Morgan fingerprint density at radius 3 is 2.52 bits per heavy atom. The summed E-state index contributed by atoms with van der Waals surface area (Å²) in [5, 5.41) is 8.78. The molecule has 1 saturated carbocycles. The highest BCUT2D eigenvalue weighted by atomic mass is 19.1. The average molecular weight is 419 g/mol. The van der Waals surface area contributed by atoms with E-state index in [2.05, 4.69) is 24.0 Å². The highest BCUT2D eigenvalue weighted by molar-refractivity contribution is 5.94. The van der Waals surface area contributed by atoms with Crippen LogP contribution in [-0.4, -0.2) is 21.0 Å². The van der Waals surface area contributed by atoms with Gasteiger partial charge in [-0.2, -0.15) is 5.10 Å². The molecule has 0 N–H and O–H groups in total. The molecule has 2 heterocycles. The minimum absolute atomic E-state index is 0.000263. The number of hydrogen-bond acceptors (Lipinski definition) is 4. The third kappa shape index (κ3) is 2.57. The number of Topliss-reactive ketones (excluding diaryl/α,β-unsaturated/α-hetero) is 1. The molecular formula is C25H23F2N3O. The quantitative estimate of drug-likeness (QED) is 0.516. The van der Waals surface area contributed by atoms with Gasteiger partial charge in [-0.1, -0.05) is 32.9 Å². The van der Waals surface area contributed by atoms with E-state index in [1.54, 1.807) is 12.1 Å². The van der Waals surface area contributed by atoms with Crippen LogP contribution < -0.4 is 0 Å². The fraction of sp³-hybridized carbons (Fsp3) is 0.360. The fourth-order valence-corrected chi connectivity index (χ4v) is 5.77. The molecule has 2 atom stereocenters. The van der Waals surface area contributed by atoms with E-state index in [0.29, 0.717) is 12.1 Å². The highest BCUT2D eigenvalue weighted by Crippen LogP contribution is 2.69. The van der Waals surface area contributed by atoms with E-state index in [1.165, 1.54) is 18.2 Å². The summed E-state index contributed by atoms with van der Waals surface area (Å²) in [7, 11) is 0. The molecule has 1 aromatic carbocycles. The van der Waals surface area contributed by atoms with E-state index in [1.807, 2.05) is 19.1 Å². The molecule has 158 valence electrons. The molecule has 2 bridgehead atoms. The number of hydrogen-bond donors (Lipinski definition) is 0. The molecule has 4 nitrogen and oxygen atoms in total. The number of aromatic nitrogens is 3. The van der Waals surface area contributed by atoms with Crippen LogP contribution in [0.15, 0.2) is 42.5 Å². The largest absolute Gasteiger partial charge is 0.292 e. The molecule has 0 radical (unpaired) electrons.